The molecule has 0 spiro atoms. The van der Waals surface area contributed by atoms with E-state index in [0.717, 1.165) is 6.26 Å². The largest absolute Gasteiger partial charge is 0.500 e. The van der Waals surface area contributed by atoms with Crippen LogP contribution in [0.4, 0.5) is 10.1 Å². The van der Waals surface area contributed by atoms with E-state index >= 15 is 0 Å². The lowest BCUT2D eigenvalue weighted by Crippen LogP contribution is -2.29. The Hall–Kier alpha value is -3.26. The highest BCUT2D eigenvalue weighted by Gasteiger charge is 2.19. The highest BCUT2D eigenvalue weighted by molar-refractivity contribution is 6.31. The number of amides is 1. The maximum absolute atomic E-state index is 12.9. The Kier molecular flexibility index (Phi) is 7.01. The first-order chi connectivity index (χ1) is 12.9. The molecule has 0 atom stereocenters. The number of hydrogen-bond donors (Lipinski definition) is 2. The van der Waals surface area contributed by atoms with Gasteiger partial charge in [-0.15, -0.1) is 0 Å². The van der Waals surface area contributed by atoms with Crippen LogP contribution in [0.3, 0.4) is 0 Å². The Bertz CT molecular complexity index is 855. The summed E-state index contributed by atoms with van der Waals surface area (Å²) < 4.78 is 27.7. The Morgan fingerprint density at radius 3 is 2.44 bits per heavy atom. The van der Waals surface area contributed by atoms with Crippen molar-refractivity contribution in [1.29, 1.82) is 0 Å². The summed E-state index contributed by atoms with van der Waals surface area (Å²) in [5.74, 6) is -2.01. The summed E-state index contributed by atoms with van der Waals surface area (Å²) >= 11 is 5.95. The molecular weight excluding hydrogens is 379 g/mol. The number of carbonyl (C=O) groups excluding carboxylic acids is 2. The first kappa shape index (κ1) is 20.1. The lowest BCUT2D eigenvalue weighted by Gasteiger charge is -2.14. The van der Waals surface area contributed by atoms with Crippen molar-refractivity contribution in [3.63, 3.8) is 0 Å². The van der Waals surface area contributed by atoms with E-state index in [1.54, 1.807) is 0 Å². The van der Waals surface area contributed by atoms with Crippen molar-refractivity contribution in [1.82, 2.24) is 5.43 Å². The van der Waals surface area contributed by atoms with Crippen LogP contribution in [0.25, 0.3) is 0 Å². The SMILES string of the molecule is COC=C(Oc1ccc(Cl)cc1C(=O)NNc1ccc(F)cc1)C(=O)OC. The van der Waals surface area contributed by atoms with Gasteiger partial charge in [0.25, 0.3) is 5.91 Å². The van der Waals surface area contributed by atoms with E-state index in [-0.39, 0.29) is 22.1 Å². The second-order valence-electron chi connectivity index (χ2n) is 5.04. The molecule has 2 aromatic carbocycles. The molecule has 0 saturated heterocycles. The number of rotatable bonds is 7. The molecule has 1 amide bonds. The van der Waals surface area contributed by atoms with Crippen LogP contribution in [0.5, 0.6) is 5.75 Å². The molecule has 0 radical (unpaired) electrons. The van der Waals surface area contributed by atoms with Gasteiger partial charge in [0, 0.05) is 5.02 Å². The fourth-order valence-corrected chi connectivity index (χ4v) is 2.11. The third-order valence-electron chi connectivity index (χ3n) is 3.18. The Morgan fingerprint density at radius 2 is 1.81 bits per heavy atom. The monoisotopic (exact) mass is 394 g/mol. The van der Waals surface area contributed by atoms with E-state index in [4.69, 9.17) is 21.1 Å². The topological polar surface area (TPSA) is 85.9 Å². The molecular formula is C18H16ClFN2O5. The third kappa shape index (κ3) is 5.61. The summed E-state index contributed by atoms with van der Waals surface area (Å²) in [4.78, 5) is 24.2. The van der Waals surface area contributed by atoms with E-state index in [1.807, 2.05) is 0 Å². The molecule has 142 valence electrons. The van der Waals surface area contributed by atoms with Crippen LogP contribution in [0, 0.1) is 5.82 Å². The van der Waals surface area contributed by atoms with Gasteiger partial charge in [-0.25, -0.2) is 9.18 Å². The van der Waals surface area contributed by atoms with Crippen molar-refractivity contribution in [3.05, 3.63) is 70.9 Å². The van der Waals surface area contributed by atoms with Gasteiger partial charge in [0.15, 0.2) is 0 Å². The van der Waals surface area contributed by atoms with E-state index in [1.165, 1.54) is 56.7 Å². The minimum absolute atomic E-state index is 0.0445. The van der Waals surface area contributed by atoms with Crippen molar-refractivity contribution in [2.75, 3.05) is 19.6 Å². The molecule has 0 unspecified atom stereocenters. The summed E-state index contributed by atoms with van der Waals surface area (Å²) in [6, 6.07) is 9.63. The Morgan fingerprint density at radius 1 is 1.11 bits per heavy atom. The minimum Gasteiger partial charge on any atom is -0.500 e. The van der Waals surface area contributed by atoms with Gasteiger partial charge >= 0.3 is 5.97 Å². The van der Waals surface area contributed by atoms with Gasteiger partial charge in [0.1, 0.15) is 17.8 Å². The number of esters is 1. The van der Waals surface area contributed by atoms with Gasteiger partial charge in [0.05, 0.1) is 25.5 Å². The van der Waals surface area contributed by atoms with Gasteiger partial charge in [-0.2, -0.15) is 0 Å². The lowest BCUT2D eigenvalue weighted by molar-refractivity contribution is -0.138. The number of nitrogens with one attached hydrogen (secondary N) is 2. The molecule has 0 aromatic heterocycles. The number of hydrogen-bond acceptors (Lipinski definition) is 6. The zero-order valence-electron chi connectivity index (χ0n) is 14.4. The molecule has 0 fully saturated rings. The summed E-state index contributed by atoms with van der Waals surface area (Å²) in [5.41, 5.74) is 5.57. The summed E-state index contributed by atoms with van der Waals surface area (Å²) in [6.45, 7) is 0. The molecule has 0 saturated carbocycles. The summed E-state index contributed by atoms with van der Waals surface area (Å²) in [6.07, 6.45) is 1.04. The molecule has 0 bridgehead atoms. The number of ether oxygens (including phenoxy) is 3. The van der Waals surface area contributed by atoms with Gasteiger partial charge in [-0.05, 0) is 42.5 Å². The van der Waals surface area contributed by atoms with E-state index in [9.17, 15) is 14.0 Å². The molecule has 9 heteroatoms. The van der Waals surface area contributed by atoms with Crippen molar-refractivity contribution < 1.29 is 28.2 Å². The molecule has 0 aliphatic rings. The van der Waals surface area contributed by atoms with Crippen LogP contribution in [0.2, 0.25) is 5.02 Å². The van der Waals surface area contributed by atoms with Gasteiger partial charge in [0.2, 0.25) is 5.76 Å². The van der Waals surface area contributed by atoms with Gasteiger partial charge in [-0.1, -0.05) is 11.6 Å². The first-order valence-corrected chi connectivity index (χ1v) is 7.93. The number of anilines is 1. The standard InChI is InChI=1S/C18H16ClFN2O5/c1-25-10-16(18(24)26-2)27-15-8-3-11(19)9-14(15)17(23)22-21-13-6-4-12(20)5-7-13/h3-10,21H,1-2H3,(H,22,23). The van der Waals surface area contributed by atoms with E-state index in [0.29, 0.717) is 5.69 Å². The number of methoxy groups -OCH3 is 2. The highest BCUT2D eigenvalue weighted by atomic mass is 35.5. The minimum atomic E-state index is -0.789. The fraction of sp³-hybridized carbons (Fsp3) is 0.111. The smallest absolute Gasteiger partial charge is 0.377 e. The molecule has 2 aromatic rings. The molecule has 2 N–H and O–H groups in total. The van der Waals surface area contributed by atoms with Crippen LogP contribution < -0.4 is 15.6 Å². The van der Waals surface area contributed by atoms with Crippen molar-refractivity contribution in [3.8, 4) is 5.75 Å². The number of hydrazine groups is 1. The van der Waals surface area contributed by atoms with Crippen LogP contribution >= 0.6 is 11.6 Å². The molecule has 27 heavy (non-hydrogen) atoms. The predicted octanol–water partition coefficient (Wildman–Crippen LogP) is 3.28. The molecule has 0 aliphatic heterocycles. The number of benzene rings is 2. The zero-order chi connectivity index (χ0) is 19.8. The lowest BCUT2D eigenvalue weighted by atomic mass is 10.2. The molecule has 7 nitrogen and oxygen atoms in total. The van der Waals surface area contributed by atoms with Crippen LogP contribution in [0.1, 0.15) is 10.4 Å². The second-order valence-corrected chi connectivity index (χ2v) is 5.47. The van der Waals surface area contributed by atoms with Crippen LogP contribution in [0.15, 0.2) is 54.5 Å². The van der Waals surface area contributed by atoms with Crippen LogP contribution in [-0.4, -0.2) is 26.1 Å². The van der Waals surface area contributed by atoms with Gasteiger partial charge in [-0.3, -0.25) is 15.6 Å². The predicted molar refractivity (Wildman–Crippen MR) is 96.7 cm³/mol. The van der Waals surface area contributed by atoms with Crippen molar-refractivity contribution >= 4 is 29.2 Å². The molecule has 2 rings (SSSR count). The van der Waals surface area contributed by atoms with Crippen molar-refractivity contribution in [2.24, 2.45) is 0 Å². The van der Waals surface area contributed by atoms with E-state index < -0.39 is 17.7 Å². The second kappa shape index (κ2) is 9.44. The summed E-state index contributed by atoms with van der Waals surface area (Å²) in [7, 11) is 2.51. The summed E-state index contributed by atoms with van der Waals surface area (Å²) in [5, 5.41) is 0.282. The zero-order valence-corrected chi connectivity index (χ0v) is 15.2. The maximum atomic E-state index is 12.9. The molecule has 0 aliphatic carbocycles. The van der Waals surface area contributed by atoms with Gasteiger partial charge < -0.3 is 14.2 Å². The quantitative estimate of drug-likeness (QED) is 0.324. The first-order valence-electron chi connectivity index (χ1n) is 7.55. The third-order valence-corrected chi connectivity index (χ3v) is 3.42. The van der Waals surface area contributed by atoms with E-state index in [2.05, 4.69) is 15.6 Å². The van der Waals surface area contributed by atoms with Crippen LogP contribution in [-0.2, 0) is 14.3 Å². The number of carbonyl (C=O) groups is 2. The normalized spacial score (nSPS) is 10.7. The highest BCUT2D eigenvalue weighted by Crippen LogP contribution is 2.25. The maximum Gasteiger partial charge on any atom is 0.377 e. The van der Waals surface area contributed by atoms with Crippen molar-refractivity contribution in [2.45, 2.75) is 0 Å². The average molecular weight is 395 g/mol. The average Bonchev–Trinajstić information content (AvgIpc) is 2.67. The number of halogens is 2. The Labute approximate surface area is 159 Å². The Balaban J connectivity index is 2.21. The fourth-order valence-electron chi connectivity index (χ4n) is 1.94. The molecule has 0 heterocycles.